The summed E-state index contributed by atoms with van der Waals surface area (Å²) in [4.78, 5) is 12.5. The van der Waals surface area contributed by atoms with Gasteiger partial charge in [-0.1, -0.05) is 19.8 Å². The highest BCUT2D eigenvalue weighted by Crippen LogP contribution is 2.32. The molecule has 1 aromatic carbocycles. The van der Waals surface area contributed by atoms with Crippen LogP contribution < -0.4 is 10.1 Å². The molecule has 1 saturated heterocycles. The van der Waals surface area contributed by atoms with Gasteiger partial charge in [0.2, 0.25) is 15.9 Å². The number of nitrogens with one attached hydrogen (secondary N) is 1. The molecule has 0 unspecified atom stereocenters. The third-order valence-electron chi connectivity index (χ3n) is 5.30. The van der Waals surface area contributed by atoms with Crippen LogP contribution >= 0.6 is 0 Å². The fourth-order valence-corrected chi connectivity index (χ4v) is 5.04. The van der Waals surface area contributed by atoms with Gasteiger partial charge in [0.25, 0.3) is 0 Å². The van der Waals surface area contributed by atoms with Crippen LogP contribution in [0.1, 0.15) is 50.2 Å². The molecule has 0 atom stereocenters. The van der Waals surface area contributed by atoms with E-state index in [0.717, 1.165) is 30.4 Å². The van der Waals surface area contributed by atoms with Gasteiger partial charge in [-0.2, -0.15) is 4.31 Å². The van der Waals surface area contributed by atoms with Crippen LogP contribution in [-0.4, -0.2) is 45.4 Å². The Balaban J connectivity index is 2.03. The van der Waals surface area contributed by atoms with E-state index >= 15 is 0 Å². The molecule has 0 radical (unpaired) electrons. The largest absolute Gasteiger partial charge is 0.495 e. The van der Waals surface area contributed by atoms with E-state index in [-0.39, 0.29) is 16.7 Å². The quantitative estimate of drug-likeness (QED) is 0.686. The van der Waals surface area contributed by atoms with Crippen molar-refractivity contribution in [3.63, 3.8) is 0 Å². The summed E-state index contributed by atoms with van der Waals surface area (Å²) in [6.07, 6.45) is 4.31. The van der Waals surface area contributed by atoms with Crippen molar-refractivity contribution in [2.45, 2.75) is 57.8 Å². The van der Waals surface area contributed by atoms with Crippen molar-refractivity contribution >= 4 is 15.9 Å². The first-order valence-corrected chi connectivity index (χ1v) is 11.2. The third kappa shape index (κ3) is 5.23. The number of nitrogens with zero attached hydrogens (tertiary/aromatic N) is 1. The van der Waals surface area contributed by atoms with E-state index in [0.29, 0.717) is 38.2 Å². The number of benzene rings is 1. The zero-order chi connectivity index (χ0) is 20.0. The fourth-order valence-electron chi connectivity index (χ4n) is 3.35. The number of amides is 1. The molecule has 1 heterocycles. The molecular weight excluding hydrogens is 364 g/mol. The Morgan fingerprint density at radius 2 is 1.81 bits per heavy atom. The van der Waals surface area contributed by atoms with Crippen LogP contribution in [0.3, 0.4) is 0 Å². The van der Waals surface area contributed by atoms with Crippen LogP contribution in [0.5, 0.6) is 5.75 Å². The zero-order valence-corrected chi connectivity index (χ0v) is 17.7. The second-order valence-electron chi connectivity index (χ2n) is 7.26. The van der Waals surface area contributed by atoms with E-state index in [9.17, 15) is 13.2 Å². The second-order valence-corrected chi connectivity index (χ2v) is 9.17. The summed E-state index contributed by atoms with van der Waals surface area (Å²) >= 11 is 0. The number of ether oxygens (including phenoxy) is 1. The summed E-state index contributed by atoms with van der Waals surface area (Å²) in [6, 6.07) is 3.44. The van der Waals surface area contributed by atoms with Gasteiger partial charge in [0.15, 0.2) is 0 Å². The van der Waals surface area contributed by atoms with Crippen molar-refractivity contribution in [3.05, 3.63) is 23.3 Å². The molecule has 27 heavy (non-hydrogen) atoms. The fraction of sp³-hybridized carbons (Fsp3) is 0.650. The number of aryl methyl sites for hydroxylation is 2. The van der Waals surface area contributed by atoms with Crippen molar-refractivity contribution < 1.29 is 17.9 Å². The molecule has 152 valence electrons. The number of hydrogen-bond acceptors (Lipinski definition) is 4. The maximum absolute atomic E-state index is 13.1. The Labute approximate surface area is 163 Å². The number of carbonyl (C=O) groups is 1. The third-order valence-corrected chi connectivity index (χ3v) is 7.22. The van der Waals surface area contributed by atoms with Crippen molar-refractivity contribution in [2.75, 3.05) is 26.7 Å². The Bertz CT molecular complexity index is 753. The van der Waals surface area contributed by atoms with E-state index < -0.39 is 10.0 Å². The van der Waals surface area contributed by atoms with Crippen molar-refractivity contribution in [1.29, 1.82) is 0 Å². The van der Waals surface area contributed by atoms with Crippen LogP contribution in [0.25, 0.3) is 0 Å². The molecule has 6 nitrogen and oxygen atoms in total. The van der Waals surface area contributed by atoms with E-state index in [2.05, 4.69) is 12.2 Å². The van der Waals surface area contributed by atoms with Gasteiger partial charge in [-0.05, 0) is 56.4 Å². The summed E-state index contributed by atoms with van der Waals surface area (Å²) in [7, 11) is -2.16. The van der Waals surface area contributed by atoms with Gasteiger partial charge in [-0.15, -0.1) is 0 Å². The van der Waals surface area contributed by atoms with Crippen molar-refractivity contribution in [2.24, 2.45) is 5.92 Å². The molecule has 1 amide bonds. The Kier molecular flexibility index (Phi) is 7.68. The second kappa shape index (κ2) is 9.55. The SMILES string of the molecule is CCCCCNC(=O)C1CCN(S(=O)(=O)c2cc(C)c(C)cc2OC)CC1. The normalized spacial score (nSPS) is 16.3. The first kappa shape index (κ1) is 21.7. The molecule has 0 aliphatic carbocycles. The predicted octanol–water partition coefficient (Wildman–Crippen LogP) is 3.02. The van der Waals surface area contributed by atoms with E-state index in [4.69, 9.17) is 4.74 Å². The smallest absolute Gasteiger partial charge is 0.246 e. The standard InChI is InChI=1S/C20H32N2O4S/c1-5-6-7-10-21-20(23)17-8-11-22(12-9-17)27(24,25)19-14-16(3)15(2)13-18(19)26-4/h13-14,17H,5-12H2,1-4H3,(H,21,23). The minimum atomic E-state index is -3.64. The first-order chi connectivity index (χ1) is 12.8. The van der Waals surface area contributed by atoms with Crippen LogP contribution in [0, 0.1) is 19.8 Å². The lowest BCUT2D eigenvalue weighted by atomic mass is 9.97. The first-order valence-electron chi connectivity index (χ1n) is 9.74. The molecule has 0 bridgehead atoms. The minimum absolute atomic E-state index is 0.0481. The van der Waals surface area contributed by atoms with Crippen molar-refractivity contribution in [1.82, 2.24) is 9.62 Å². The van der Waals surface area contributed by atoms with Gasteiger partial charge in [-0.3, -0.25) is 4.79 Å². The molecule has 1 aliphatic rings. The summed E-state index contributed by atoms with van der Waals surface area (Å²) in [6.45, 7) is 7.35. The number of rotatable bonds is 8. The number of unbranched alkanes of at least 4 members (excludes halogenated alkanes) is 2. The molecule has 0 aromatic heterocycles. The number of piperidine rings is 1. The highest BCUT2D eigenvalue weighted by atomic mass is 32.2. The van der Waals surface area contributed by atoms with Gasteiger partial charge in [0, 0.05) is 25.6 Å². The number of sulfonamides is 1. The average Bonchev–Trinajstić information content (AvgIpc) is 2.66. The maximum atomic E-state index is 13.1. The van der Waals surface area contributed by atoms with Crippen LogP contribution in [0.4, 0.5) is 0 Å². The molecule has 0 spiro atoms. The average molecular weight is 397 g/mol. The van der Waals surface area contributed by atoms with Crippen LogP contribution in [0.2, 0.25) is 0 Å². The number of carbonyl (C=O) groups excluding carboxylic acids is 1. The van der Waals surface area contributed by atoms with Gasteiger partial charge >= 0.3 is 0 Å². The summed E-state index contributed by atoms with van der Waals surface area (Å²) in [5, 5.41) is 2.98. The highest BCUT2D eigenvalue weighted by Gasteiger charge is 2.33. The summed E-state index contributed by atoms with van der Waals surface area (Å²) in [5.74, 6) is 0.306. The van der Waals surface area contributed by atoms with Gasteiger partial charge in [0.1, 0.15) is 10.6 Å². The lowest BCUT2D eigenvalue weighted by Gasteiger charge is -2.31. The lowest BCUT2D eigenvalue weighted by molar-refractivity contribution is -0.126. The molecule has 1 aromatic rings. The lowest BCUT2D eigenvalue weighted by Crippen LogP contribution is -2.43. The summed E-state index contributed by atoms with van der Waals surface area (Å²) in [5.41, 5.74) is 1.90. The Morgan fingerprint density at radius 1 is 1.19 bits per heavy atom. The van der Waals surface area contributed by atoms with Crippen molar-refractivity contribution in [3.8, 4) is 5.75 Å². The molecule has 2 rings (SSSR count). The van der Waals surface area contributed by atoms with E-state index in [1.54, 1.807) is 12.1 Å². The predicted molar refractivity (Wildman–Crippen MR) is 106 cm³/mol. The van der Waals surface area contributed by atoms with E-state index in [1.807, 2.05) is 13.8 Å². The van der Waals surface area contributed by atoms with Gasteiger partial charge in [-0.25, -0.2) is 8.42 Å². The highest BCUT2D eigenvalue weighted by molar-refractivity contribution is 7.89. The van der Waals surface area contributed by atoms with Crippen LogP contribution in [0.15, 0.2) is 17.0 Å². The molecule has 1 N–H and O–H groups in total. The maximum Gasteiger partial charge on any atom is 0.246 e. The van der Waals surface area contributed by atoms with Gasteiger partial charge < -0.3 is 10.1 Å². The Hall–Kier alpha value is -1.60. The minimum Gasteiger partial charge on any atom is -0.495 e. The zero-order valence-electron chi connectivity index (χ0n) is 16.9. The molecule has 0 saturated carbocycles. The summed E-state index contributed by atoms with van der Waals surface area (Å²) < 4.78 is 33.0. The molecular formula is C20H32N2O4S. The van der Waals surface area contributed by atoms with Gasteiger partial charge in [0.05, 0.1) is 7.11 Å². The number of methoxy groups -OCH3 is 1. The molecule has 7 heteroatoms. The Morgan fingerprint density at radius 3 is 2.41 bits per heavy atom. The monoisotopic (exact) mass is 396 g/mol. The van der Waals surface area contributed by atoms with E-state index in [1.165, 1.54) is 11.4 Å². The molecule has 1 aliphatic heterocycles. The van der Waals surface area contributed by atoms with Crippen LogP contribution in [-0.2, 0) is 14.8 Å². The number of hydrogen-bond donors (Lipinski definition) is 1. The molecule has 1 fully saturated rings. The topological polar surface area (TPSA) is 75.7 Å².